The average molecular weight is 314 g/mol. The number of thiazole rings is 1. The lowest BCUT2D eigenvalue weighted by atomic mass is 10.1. The van der Waals surface area contributed by atoms with Gasteiger partial charge in [0.2, 0.25) is 0 Å². The minimum Gasteiger partial charge on any atom is -0.382 e. The van der Waals surface area contributed by atoms with Crippen molar-refractivity contribution in [3.63, 3.8) is 0 Å². The van der Waals surface area contributed by atoms with Gasteiger partial charge in [0.15, 0.2) is 0 Å². The minimum atomic E-state index is 0.136. The molecule has 5 heteroatoms. The summed E-state index contributed by atoms with van der Waals surface area (Å²) >= 11 is 1.82. The van der Waals surface area contributed by atoms with Gasteiger partial charge in [-0.1, -0.05) is 13.3 Å². The molecule has 0 aromatic carbocycles. The molecule has 0 atom stereocenters. The number of methoxy groups -OCH3 is 1. The topological polar surface area (TPSA) is 43.4 Å². The van der Waals surface area contributed by atoms with Crippen LogP contribution in [0.2, 0.25) is 0 Å². The lowest BCUT2D eigenvalue weighted by molar-refractivity contribution is 0.0722. The van der Waals surface area contributed by atoms with Crippen LogP contribution in [0.3, 0.4) is 0 Å². The van der Waals surface area contributed by atoms with E-state index in [9.17, 15) is 0 Å². The fourth-order valence-corrected chi connectivity index (χ4v) is 2.90. The van der Waals surface area contributed by atoms with Gasteiger partial charge in [0.1, 0.15) is 0 Å². The number of hydrogen-bond acceptors (Lipinski definition) is 5. The van der Waals surface area contributed by atoms with E-state index in [1.807, 2.05) is 11.3 Å². The summed E-state index contributed by atoms with van der Waals surface area (Å²) in [5.41, 5.74) is 1.39. The van der Waals surface area contributed by atoms with E-state index >= 15 is 0 Å². The molecule has 0 radical (unpaired) electrons. The quantitative estimate of drug-likeness (QED) is 0.674. The van der Waals surface area contributed by atoms with E-state index in [2.05, 4.69) is 33.0 Å². The van der Waals surface area contributed by atoms with Crippen LogP contribution >= 0.6 is 11.3 Å². The van der Waals surface area contributed by atoms with Gasteiger partial charge < -0.3 is 14.8 Å². The summed E-state index contributed by atoms with van der Waals surface area (Å²) in [5.74, 6) is 0. The lowest BCUT2D eigenvalue weighted by Crippen LogP contribution is -2.35. The average Bonchev–Trinajstić information content (AvgIpc) is 2.78. The van der Waals surface area contributed by atoms with Gasteiger partial charge in [0, 0.05) is 30.5 Å². The van der Waals surface area contributed by atoms with Crippen molar-refractivity contribution < 1.29 is 9.47 Å². The molecule has 0 aliphatic rings. The molecule has 122 valence electrons. The highest BCUT2D eigenvalue weighted by Crippen LogP contribution is 2.21. The molecule has 1 N–H and O–H groups in total. The minimum absolute atomic E-state index is 0.136. The number of aryl methyl sites for hydroxylation is 1. The first-order chi connectivity index (χ1) is 9.96. The molecule has 1 rings (SSSR count). The molecule has 1 aromatic rings. The predicted molar refractivity (Wildman–Crippen MR) is 89.1 cm³/mol. The van der Waals surface area contributed by atoms with Crippen LogP contribution in [0.15, 0.2) is 0 Å². The van der Waals surface area contributed by atoms with Gasteiger partial charge in [-0.05, 0) is 27.2 Å². The molecule has 0 saturated heterocycles. The molecule has 0 saturated carbocycles. The van der Waals surface area contributed by atoms with Crippen LogP contribution < -0.4 is 5.32 Å². The maximum atomic E-state index is 5.53. The maximum absolute atomic E-state index is 5.53. The zero-order valence-corrected chi connectivity index (χ0v) is 14.9. The number of nitrogens with zero attached hydrogens (tertiary/aromatic N) is 1. The summed E-state index contributed by atoms with van der Waals surface area (Å²) in [4.78, 5) is 6.16. The Morgan fingerprint density at radius 2 is 1.90 bits per heavy atom. The first-order valence-electron chi connectivity index (χ1n) is 7.75. The van der Waals surface area contributed by atoms with Gasteiger partial charge in [0.05, 0.1) is 30.5 Å². The van der Waals surface area contributed by atoms with E-state index in [1.54, 1.807) is 7.11 Å². The number of rotatable bonds is 10. The number of hydrogen-bond donors (Lipinski definition) is 1. The third kappa shape index (κ3) is 7.90. The molecular formula is C16H30N2O2S. The summed E-state index contributed by atoms with van der Waals surface area (Å²) in [5, 5.41) is 4.74. The molecular weight excluding hydrogens is 284 g/mol. The Morgan fingerprint density at radius 1 is 1.14 bits per heavy atom. The first kappa shape index (κ1) is 18.6. The Bertz CT molecular complexity index is 399. The highest BCUT2D eigenvalue weighted by Gasteiger charge is 2.14. The van der Waals surface area contributed by atoms with Crippen LogP contribution in [0.25, 0.3) is 0 Å². The van der Waals surface area contributed by atoms with Crippen molar-refractivity contribution >= 4 is 11.3 Å². The molecule has 0 bridgehead atoms. The number of ether oxygens (including phenoxy) is 2. The van der Waals surface area contributed by atoms with Crippen molar-refractivity contribution in [1.82, 2.24) is 10.3 Å². The van der Waals surface area contributed by atoms with Crippen LogP contribution in [0, 0.1) is 0 Å². The van der Waals surface area contributed by atoms with Crippen LogP contribution in [-0.4, -0.2) is 37.5 Å². The SMILES string of the molecule is CCCc1nc(CCOCCOC)sc1CNC(C)(C)C. The van der Waals surface area contributed by atoms with E-state index in [4.69, 9.17) is 14.5 Å². The zero-order chi connectivity index (χ0) is 15.7. The van der Waals surface area contributed by atoms with Gasteiger partial charge >= 0.3 is 0 Å². The molecule has 0 aliphatic heterocycles. The molecule has 0 unspecified atom stereocenters. The van der Waals surface area contributed by atoms with E-state index in [0.29, 0.717) is 19.8 Å². The summed E-state index contributed by atoms with van der Waals surface area (Å²) in [6, 6.07) is 0. The Hall–Kier alpha value is -0.490. The number of nitrogens with one attached hydrogen (secondary N) is 1. The van der Waals surface area contributed by atoms with Crippen molar-refractivity contribution in [3.05, 3.63) is 15.6 Å². The van der Waals surface area contributed by atoms with Gasteiger partial charge in [0.25, 0.3) is 0 Å². The van der Waals surface area contributed by atoms with Crippen molar-refractivity contribution in [1.29, 1.82) is 0 Å². The molecule has 0 spiro atoms. The van der Waals surface area contributed by atoms with Crippen LogP contribution in [0.1, 0.15) is 49.7 Å². The van der Waals surface area contributed by atoms with E-state index in [1.165, 1.54) is 15.6 Å². The Morgan fingerprint density at radius 3 is 2.52 bits per heavy atom. The van der Waals surface area contributed by atoms with E-state index in [0.717, 1.165) is 25.8 Å². The second-order valence-electron chi connectivity index (χ2n) is 6.19. The summed E-state index contributed by atoms with van der Waals surface area (Å²) in [7, 11) is 1.69. The smallest absolute Gasteiger partial charge is 0.0954 e. The van der Waals surface area contributed by atoms with Crippen molar-refractivity contribution in [2.24, 2.45) is 0 Å². The molecule has 1 aromatic heterocycles. The largest absolute Gasteiger partial charge is 0.382 e. The van der Waals surface area contributed by atoms with Gasteiger partial charge in [-0.15, -0.1) is 11.3 Å². The molecule has 0 aliphatic carbocycles. The maximum Gasteiger partial charge on any atom is 0.0954 e. The Kier molecular flexibility index (Phi) is 8.41. The molecule has 21 heavy (non-hydrogen) atoms. The summed E-state index contributed by atoms with van der Waals surface area (Å²) in [6.07, 6.45) is 3.08. The second-order valence-corrected chi connectivity index (χ2v) is 7.35. The lowest BCUT2D eigenvalue weighted by Gasteiger charge is -2.20. The molecule has 4 nitrogen and oxygen atoms in total. The third-order valence-corrected chi connectivity index (χ3v) is 4.14. The van der Waals surface area contributed by atoms with Gasteiger partial charge in [-0.3, -0.25) is 0 Å². The normalized spacial score (nSPS) is 12.0. The second kappa shape index (κ2) is 9.51. The van der Waals surface area contributed by atoms with Crippen molar-refractivity contribution in [2.45, 2.75) is 59.0 Å². The Balaban J connectivity index is 2.53. The predicted octanol–water partition coefficient (Wildman–Crippen LogP) is 3.19. The summed E-state index contributed by atoms with van der Waals surface area (Å²) < 4.78 is 10.5. The fraction of sp³-hybridized carbons (Fsp3) is 0.812. The summed E-state index contributed by atoms with van der Waals surface area (Å²) in [6.45, 7) is 11.7. The standard InChI is InChI=1S/C16H30N2O2S/c1-6-7-13-14(12-17-16(2,3)4)21-15(18-13)8-9-20-11-10-19-5/h17H,6-12H2,1-5H3. The monoisotopic (exact) mass is 314 g/mol. The van der Waals surface area contributed by atoms with Crippen molar-refractivity contribution in [3.8, 4) is 0 Å². The zero-order valence-electron chi connectivity index (χ0n) is 14.1. The van der Waals surface area contributed by atoms with Gasteiger partial charge in [-0.25, -0.2) is 4.98 Å². The van der Waals surface area contributed by atoms with E-state index in [-0.39, 0.29) is 5.54 Å². The van der Waals surface area contributed by atoms with Crippen LogP contribution in [0.4, 0.5) is 0 Å². The highest BCUT2D eigenvalue weighted by atomic mass is 32.1. The van der Waals surface area contributed by atoms with Gasteiger partial charge in [-0.2, -0.15) is 0 Å². The molecule has 1 heterocycles. The van der Waals surface area contributed by atoms with Crippen LogP contribution in [0.5, 0.6) is 0 Å². The van der Waals surface area contributed by atoms with Crippen LogP contribution in [-0.2, 0) is 28.9 Å². The highest BCUT2D eigenvalue weighted by molar-refractivity contribution is 7.11. The Labute approximate surface area is 133 Å². The third-order valence-electron chi connectivity index (χ3n) is 2.98. The van der Waals surface area contributed by atoms with Crippen molar-refractivity contribution in [2.75, 3.05) is 26.9 Å². The first-order valence-corrected chi connectivity index (χ1v) is 8.57. The van der Waals surface area contributed by atoms with E-state index < -0.39 is 0 Å². The molecule has 0 fully saturated rings. The fourth-order valence-electron chi connectivity index (χ4n) is 1.86. The number of aromatic nitrogens is 1. The molecule has 0 amide bonds.